The Morgan fingerprint density at radius 2 is 1.79 bits per heavy atom. The average molecular weight is 353 g/mol. The Balaban J connectivity index is 2.44. The molecule has 0 amide bonds. The zero-order chi connectivity index (χ0) is 17.7. The number of benzene rings is 2. The van der Waals surface area contributed by atoms with E-state index in [0.29, 0.717) is 12.4 Å². The molecule has 0 saturated carbocycles. The van der Waals surface area contributed by atoms with Crippen LogP contribution >= 0.6 is 0 Å². The number of sulfonamides is 1. The van der Waals surface area contributed by atoms with Gasteiger partial charge in [0.25, 0.3) is 10.0 Å². The third-order valence-corrected chi connectivity index (χ3v) is 5.02. The van der Waals surface area contributed by atoms with E-state index < -0.39 is 21.7 Å². The third-order valence-electron chi connectivity index (χ3n) is 3.21. The number of ether oxygens (including phenoxy) is 1. The second-order valence-corrected chi connectivity index (χ2v) is 6.69. The summed E-state index contributed by atoms with van der Waals surface area (Å²) in [5.41, 5.74) is 0.0164. The molecule has 0 fully saturated rings. The molecule has 128 valence electrons. The van der Waals surface area contributed by atoms with Gasteiger partial charge < -0.3 is 4.74 Å². The lowest BCUT2D eigenvalue weighted by molar-refractivity contribution is 0.340. The van der Waals surface area contributed by atoms with E-state index in [0.717, 1.165) is 16.4 Å². The zero-order valence-electron chi connectivity index (χ0n) is 13.1. The summed E-state index contributed by atoms with van der Waals surface area (Å²) in [5, 5.41) is 0. The Bertz CT molecular complexity index is 820. The fraction of sp³-hybridized carbons (Fsp3) is 0.176. The molecule has 0 spiro atoms. The van der Waals surface area contributed by atoms with E-state index in [2.05, 4.69) is 6.58 Å². The predicted molar refractivity (Wildman–Crippen MR) is 88.7 cm³/mol. The van der Waals surface area contributed by atoms with Crippen LogP contribution in [0.15, 0.2) is 60.0 Å². The topological polar surface area (TPSA) is 46.6 Å². The van der Waals surface area contributed by atoms with Crippen molar-refractivity contribution >= 4 is 15.7 Å². The van der Waals surface area contributed by atoms with E-state index >= 15 is 0 Å². The molecule has 0 aliphatic rings. The van der Waals surface area contributed by atoms with Gasteiger partial charge in [0.05, 0.1) is 23.7 Å². The highest BCUT2D eigenvalue weighted by Crippen LogP contribution is 2.26. The van der Waals surface area contributed by atoms with Gasteiger partial charge in [-0.25, -0.2) is 17.2 Å². The van der Waals surface area contributed by atoms with Gasteiger partial charge >= 0.3 is 0 Å². The molecule has 7 heteroatoms. The Hall–Kier alpha value is -2.41. The van der Waals surface area contributed by atoms with Crippen molar-refractivity contribution in [1.29, 1.82) is 0 Å². The first-order valence-corrected chi connectivity index (χ1v) is 8.65. The summed E-state index contributed by atoms with van der Waals surface area (Å²) < 4.78 is 58.4. The maximum atomic E-state index is 13.5. The number of rotatable bonds is 7. The molecule has 0 unspecified atom stereocenters. The molecule has 0 atom stereocenters. The van der Waals surface area contributed by atoms with Gasteiger partial charge in [0.2, 0.25) is 0 Å². The number of hydrogen-bond donors (Lipinski definition) is 0. The molecule has 2 aromatic carbocycles. The van der Waals surface area contributed by atoms with E-state index in [4.69, 9.17) is 4.74 Å². The van der Waals surface area contributed by atoms with Crippen LogP contribution in [0.5, 0.6) is 5.75 Å². The molecule has 0 aliphatic heterocycles. The summed E-state index contributed by atoms with van der Waals surface area (Å²) in [4.78, 5) is 0.0116. The molecular weight excluding hydrogens is 336 g/mol. The molecule has 0 aliphatic carbocycles. The minimum atomic E-state index is -3.96. The first kappa shape index (κ1) is 17.9. The highest BCUT2D eigenvalue weighted by Gasteiger charge is 2.24. The number of hydrogen-bond acceptors (Lipinski definition) is 3. The number of nitrogens with zero attached hydrogens (tertiary/aromatic N) is 1. The fourth-order valence-electron chi connectivity index (χ4n) is 2.10. The van der Waals surface area contributed by atoms with Crippen LogP contribution in [-0.2, 0) is 10.0 Å². The Morgan fingerprint density at radius 1 is 1.12 bits per heavy atom. The lowest BCUT2D eigenvalue weighted by atomic mass is 10.3. The quantitative estimate of drug-likeness (QED) is 0.713. The molecule has 24 heavy (non-hydrogen) atoms. The van der Waals surface area contributed by atoms with E-state index in [1.807, 2.05) is 6.92 Å². The molecule has 4 nitrogen and oxygen atoms in total. The summed E-state index contributed by atoms with van der Waals surface area (Å²) in [6.07, 6.45) is 1.37. The number of halogens is 2. The zero-order valence-corrected chi connectivity index (χ0v) is 13.9. The van der Waals surface area contributed by atoms with Crippen molar-refractivity contribution in [2.24, 2.45) is 0 Å². The van der Waals surface area contributed by atoms with Crippen molar-refractivity contribution in [2.45, 2.75) is 11.8 Å². The second-order valence-electron chi connectivity index (χ2n) is 4.83. The van der Waals surface area contributed by atoms with Crippen molar-refractivity contribution in [3.63, 3.8) is 0 Å². The summed E-state index contributed by atoms with van der Waals surface area (Å²) in [6.45, 7) is 5.72. The lowest BCUT2D eigenvalue weighted by Crippen LogP contribution is -2.31. The van der Waals surface area contributed by atoms with Gasteiger partial charge in [0.15, 0.2) is 11.6 Å². The molecule has 2 aromatic rings. The average Bonchev–Trinajstić information content (AvgIpc) is 2.56. The van der Waals surface area contributed by atoms with Gasteiger partial charge in [-0.05, 0) is 43.3 Å². The SMILES string of the molecule is C=CCN(c1ccc(F)c(F)c1)S(=O)(=O)c1ccc(OCC)cc1. The van der Waals surface area contributed by atoms with E-state index in [1.165, 1.54) is 36.4 Å². The Labute approximate surface area is 140 Å². The van der Waals surface area contributed by atoms with Crippen LogP contribution in [0.4, 0.5) is 14.5 Å². The highest BCUT2D eigenvalue weighted by molar-refractivity contribution is 7.92. The lowest BCUT2D eigenvalue weighted by Gasteiger charge is -2.23. The summed E-state index contributed by atoms with van der Waals surface area (Å²) in [5.74, 6) is -1.63. The van der Waals surface area contributed by atoms with Crippen LogP contribution in [0.2, 0.25) is 0 Å². The van der Waals surface area contributed by atoms with E-state index in [9.17, 15) is 17.2 Å². The maximum absolute atomic E-state index is 13.5. The normalized spacial score (nSPS) is 11.1. The molecule has 0 aromatic heterocycles. The molecule has 0 radical (unpaired) electrons. The van der Waals surface area contributed by atoms with Crippen molar-refractivity contribution < 1.29 is 21.9 Å². The van der Waals surface area contributed by atoms with Crippen molar-refractivity contribution in [3.05, 3.63) is 66.8 Å². The van der Waals surface area contributed by atoms with Crippen LogP contribution in [-0.4, -0.2) is 21.6 Å². The molecule has 0 bridgehead atoms. The van der Waals surface area contributed by atoms with Gasteiger partial charge in [-0.1, -0.05) is 6.08 Å². The van der Waals surface area contributed by atoms with Crippen molar-refractivity contribution in [3.8, 4) is 5.75 Å². The van der Waals surface area contributed by atoms with Crippen LogP contribution in [0.3, 0.4) is 0 Å². The van der Waals surface area contributed by atoms with Crippen molar-refractivity contribution in [1.82, 2.24) is 0 Å². The fourth-order valence-corrected chi connectivity index (χ4v) is 3.53. The predicted octanol–water partition coefficient (Wildman–Crippen LogP) is 3.74. The Morgan fingerprint density at radius 3 is 2.33 bits per heavy atom. The molecule has 0 heterocycles. The van der Waals surface area contributed by atoms with Crippen LogP contribution in [0.25, 0.3) is 0 Å². The van der Waals surface area contributed by atoms with Crippen LogP contribution in [0.1, 0.15) is 6.92 Å². The van der Waals surface area contributed by atoms with Crippen LogP contribution < -0.4 is 9.04 Å². The minimum absolute atomic E-state index is 0.0116. The molecule has 0 N–H and O–H groups in total. The second kappa shape index (κ2) is 7.44. The molecular formula is C17H17F2NO3S. The first-order valence-electron chi connectivity index (χ1n) is 7.21. The summed E-state index contributed by atoms with van der Waals surface area (Å²) in [7, 11) is -3.96. The highest BCUT2D eigenvalue weighted by atomic mass is 32.2. The van der Waals surface area contributed by atoms with E-state index in [1.54, 1.807) is 0 Å². The van der Waals surface area contributed by atoms with Gasteiger partial charge in [-0.3, -0.25) is 4.31 Å². The molecule has 2 rings (SSSR count). The first-order chi connectivity index (χ1) is 11.4. The van der Waals surface area contributed by atoms with Gasteiger partial charge in [-0.15, -0.1) is 6.58 Å². The van der Waals surface area contributed by atoms with Gasteiger partial charge in [0.1, 0.15) is 5.75 Å². The standard InChI is InChI=1S/C17H17F2NO3S/c1-3-11-20(13-5-10-16(18)17(19)12-13)24(21,22)15-8-6-14(7-9-15)23-4-2/h3,5-10,12H,1,4,11H2,2H3. The van der Waals surface area contributed by atoms with Gasteiger partial charge in [-0.2, -0.15) is 0 Å². The number of anilines is 1. The Kier molecular flexibility index (Phi) is 5.56. The summed E-state index contributed by atoms with van der Waals surface area (Å²) in [6, 6.07) is 8.79. The minimum Gasteiger partial charge on any atom is -0.494 e. The van der Waals surface area contributed by atoms with E-state index in [-0.39, 0.29) is 17.1 Å². The molecule has 0 saturated heterocycles. The maximum Gasteiger partial charge on any atom is 0.264 e. The van der Waals surface area contributed by atoms with Crippen molar-refractivity contribution in [2.75, 3.05) is 17.5 Å². The smallest absolute Gasteiger partial charge is 0.264 e. The monoisotopic (exact) mass is 353 g/mol. The third kappa shape index (κ3) is 3.73. The van der Waals surface area contributed by atoms with Gasteiger partial charge in [0, 0.05) is 6.07 Å². The largest absolute Gasteiger partial charge is 0.494 e. The van der Waals surface area contributed by atoms with Crippen LogP contribution in [0, 0.1) is 11.6 Å². The summed E-state index contributed by atoms with van der Waals surface area (Å²) >= 11 is 0.